The molecular weight excluding hydrogens is 270 g/mol. The van der Waals surface area contributed by atoms with E-state index >= 15 is 0 Å². The number of hydrogen-bond donors (Lipinski definition) is 0. The zero-order valence-electron chi connectivity index (χ0n) is 10.8. The van der Waals surface area contributed by atoms with Gasteiger partial charge in [-0.15, -0.1) is 11.3 Å². The Kier molecular flexibility index (Phi) is 3.85. The Morgan fingerprint density at radius 2 is 1.89 bits per heavy atom. The predicted octanol–water partition coefficient (Wildman–Crippen LogP) is 5.04. The molecule has 0 amide bonds. The number of rotatable bonds is 4. The molecule has 3 aromatic rings. The van der Waals surface area contributed by atoms with Gasteiger partial charge in [0.15, 0.2) is 0 Å². The van der Waals surface area contributed by atoms with Gasteiger partial charge in [-0.25, -0.2) is 4.98 Å². The van der Waals surface area contributed by atoms with E-state index < -0.39 is 0 Å². The predicted molar refractivity (Wildman–Crippen MR) is 85.8 cm³/mol. The summed E-state index contributed by atoms with van der Waals surface area (Å²) in [6.45, 7) is 2.06. The summed E-state index contributed by atoms with van der Waals surface area (Å²) in [6.07, 6.45) is 0. The van der Waals surface area contributed by atoms with Gasteiger partial charge >= 0.3 is 0 Å². The summed E-state index contributed by atoms with van der Waals surface area (Å²) in [5, 5.41) is 6.00. The van der Waals surface area contributed by atoms with Gasteiger partial charge < -0.3 is 0 Å². The Morgan fingerprint density at radius 3 is 2.74 bits per heavy atom. The van der Waals surface area contributed by atoms with Gasteiger partial charge in [-0.2, -0.15) is 11.8 Å². The van der Waals surface area contributed by atoms with Gasteiger partial charge in [-0.1, -0.05) is 42.5 Å². The van der Waals surface area contributed by atoms with Gasteiger partial charge in [0.1, 0.15) is 0 Å². The largest absolute Gasteiger partial charge is 0.246 e. The normalized spacial score (nSPS) is 11.0. The Balaban J connectivity index is 1.71. The average molecular weight is 285 g/mol. The van der Waals surface area contributed by atoms with Crippen LogP contribution in [0.15, 0.2) is 47.8 Å². The molecule has 2 aromatic carbocycles. The molecule has 3 heteroatoms. The highest BCUT2D eigenvalue weighted by Gasteiger charge is 2.02. The van der Waals surface area contributed by atoms with Gasteiger partial charge in [0.2, 0.25) is 0 Å². The molecule has 0 aliphatic rings. The fourth-order valence-electron chi connectivity index (χ4n) is 2.16. The molecule has 1 nitrogen and oxygen atoms in total. The number of nitrogens with zero attached hydrogens (tertiary/aromatic N) is 1. The van der Waals surface area contributed by atoms with Crippen LogP contribution in [0.5, 0.6) is 0 Å². The number of aryl methyl sites for hydroxylation is 1. The number of thiazole rings is 1. The van der Waals surface area contributed by atoms with Gasteiger partial charge in [-0.05, 0) is 23.3 Å². The summed E-state index contributed by atoms with van der Waals surface area (Å²) < 4.78 is 0. The molecule has 3 rings (SSSR count). The van der Waals surface area contributed by atoms with Crippen molar-refractivity contribution in [3.8, 4) is 0 Å². The molecule has 0 fully saturated rings. The first kappa shape index (κ1) is 12.7. The molecule has 19 heavy (non-hydrogen) atoms. The first-order valence-corrected chi connectivity index (χ1v) is 8.32. The molecule has 0 bridgehead atoms. The smallest absolute Gasteiger partial charge is 0.0897 e. The van der Waals surface area contributed by atoms with Gasteiger partial charge in [-0.3, -0.25) is 0 Å². The monoisotopic (exact) mass is 285 g/mol. The third-order valence-corrected chi connectivity index (χ3v) is 4.89. The number of aromatic nitrogens is 1. The maximum absolute atomic E-state index is 4.50. The molecule has 0 atom stereocenters. The molecule has 0 spiro atoms. The SMILES string of the molecule is Cc1nc(CSCc2cccc3ccccc23)cs1. The van der Waals surface area contributed by atoms with Crippen molar-refractivity contribution >= 4 is 33.9 Å². The maximum Gasteiger partial charge on any atom is 0.0897 e. The van der Waals surface area contributed by atoms with E-state index in [1.807, 2.05) is 11.8 Å². The lowest BCUT2D eigenvalue weighted by atomic mass is 10.1. The fraction of sp³-hybridized carbons (Fsp3) is 0.188. The maximum atomic E-state index is 4.50. The molecule has 0 saturated carbocycles. The second-order valence-electron chi connectivity index (χ2n) is 4.49. The molecule has 0 aliphatic heterocycles. The van der Waals surface area contributed by atoms with Crippen molar-refractivity contribution in [3.63, 3.8) is 0 Å². The highest BCUT2D eigenvalue weighted by molar-refractivity contribution is 7.97. The summed E-state index contributed by atoms with van der Waals surface area (Å²) in [5.74, 6) is 2.03. The fourth-order valence-corrected chi connectivity index (χ4v) is 3.81. The van der Waals surface area contributed by atoms with E-state index in [2.05, 4.69) is 59.8 Å². The van der Waals surface area contributed by atoms with Crippen molar-refractivity contribution in [1.29, 1.82) is 0 Å². The number of benzene rings is 2. The van der Waals surface area contributed by atoms with E-state index in [0.717, 1.165) is 16.5 Å². The third-order valence-electron chi connectivity index (χ3n) is 3.05. The van der Waals surface area contributed by atoms with Crippen LogP contribution in [0.3, 0.4) is 0 Å². The summed E-state index contributed by atoms with van der Waals surface area (Å²) in [7, 11) is 0. The first-order chi connectivity index (χ1) is 9.33. The van der Waals surface area contributed by atoms with Crippen LogP contribution in [0.2, 0.25) is 0 Å². The second-order valence-corrected chi connectivity index (χ2v) is 6.54. The highest BCUT2D eigenvalue weighted by Crippen LogP contribution is 2.24. The minimum atomic E-state index is 0.994. The molecule has 1 heterocycles. The zero-order valence-corrected chi connectivity index (χ0v) is 12.4. The van der Waals surface area contributed by atoms with Crippen molar-refractivity contribution in [3.05, 3.63) is 64.1 Å². The quantitative estimate of drug-likeness (QED) is 0.666. The summed E-state index contributed by atoms with van der Waals surface area (Å²) >= 11 is 3.66. The Hall–Kier alpha value is -1.32. The third kappa shape index (κ3) is 2.99. The van der Waals surface area contributed by atoms with Crippen LogP contribution in [0.1, 0.15) is 16.3 Å². The van der Waals surface area contributed by atoms with Crippen LogP contribution in [0.25, 0.3) is 10.8 Å². The standard InChI is InChI=1S/C16H15NS2/c1-12-17-15(11-19-12)10-18-9-14-7-4-6-13-5-2-3-8-16(13)14/h2-8,11H,9-10H2,1H3. The zero-order chi connectivity index (χ0) is 13.1. The Bertz CT molecular complexity index is 683. The molecule has 96 valence electrons. The molecule has 0 saturated heterocycles. The van der Waals surface area contributed by atoms with Gasteiger partial charge in [0.25, 0.3) is 0 Å². The van der Waals surface area contributed by atoms with Gasteiger partial charge in [0, 0.05) is 16.9 Å². The Morgan fingerprint density at radius 1 is 1.05 bits per heavy atom. The van der Waals surface area contributed by atoms with E-state index in [4.69, 9.17) is 0 Å². The van der Waals surface area contributed by atoms with E-state index in [0.29, 0.717) is 0 Å². The minimum absolute atomic E-state index is 0.994. The van der Waals surface area contributed by atoms with Crippen LogP contribution in [0, 0.1) is 6.92 Å². The van der Waals surface area contributed by atoms with E-state index in [1.54, 1.807) is 11.3 Å². The number of fused-ring (bicyclic) bond motifs is 1. The molecular formula is C16H15NS2. The first-order valence-electron chi connectivity index (χ1n) is 6.28. The van der Waals surface area contributed by atoms with Crippen LogP contribution < -0.4 is 0 Å². The van der Waals surface area contributed by atoms with Crippen molar-refractivity contribution in [2.45, 2.75) is 18.4 Å². The molecule has 0 unspecified atom stereocenters. The molecule has 0 N–H and O–H groups in total. The molecule has 0 radical (unpaired) electrons. The van der Waals surface area contributed by atoms with Crippen LogP contribution in [-0.2, 0) is 11.5 Å². The molecule has 1 aromatic heterocycles. The molecule has 0 aliphatic carbocycles. The average Bonchev–Trinajstić information content (AvgIpc) is 2.85. The van der Waals surface area contributed by atoms with Crippen molar-refractivity contribution < 1.29 is 0 Å². The van der Waals surface area contributed by atoms with Crippen LogP contribution in [-0.4, -0.2) is 4.98 Å². The summed E-state index contributed by atoms with van der Waals surface area (Å²) in [4.78, 5) is 4.50. The summed E-state index contributed by atoms with van der Waals surface area (Å²) in [5.41, 5.74) is 2.61. The van der Waals surface area contributed by atoms with Crippen molar-refractivity contribution in [2.24, 2.45) is 0 Å². The van der Waals surface area contributed by atoms with E-state index in [9.17, 15) is 0 Å². The van der Waals surface area contributed by atoms with Crippen molar-refractivity contribution in [1.82, 2.24) is 4.98 Å². The topological polar surface area (TPSA) is 12.9 Å². The van der Waals surface area contributed by atoms with Crippen LogP contribution >= 0.6 is 23.1 Å². The van der Waals surface area contributed by atoms with Gasteiger partial charge in [0.05, 0.1) is 10.7 Å². The number of thioether (sulfide) groups is 1. The van der Waals surface area contributed by atoms with Crippen LogP contribution in [0.4, 0.5) is 0 Å². The summed E-state index contributed by atoms with van der Waals surface area (Å²) in [6, 6.07) is 15.1. The second kappa shape index (κ2) is 5.76. The Labute approximate surface area is 121 Å². The lowest BCUT2D eigenvalue weighted by Crippen LogP contribution is -1.86. The number of hydrogen-bond acceptors (Lipinski definition) is 3. The van der Waals surface area contributed by atoms with E-state index in [-0.39, 0.29) is 0 Å². The van der Waals surface area contributed by atoms with Crippen molar-refractivity contribution in [2.75, 3.05) is 0 Å². The lowest BCUT2D eigenvalue weighted by molar-refractivity contribution is 1.18. The van der Waals surface area contributed by atoms with E-state index in [1.165, 1.54) is 22.0 Å². The minimum Gasteiger partial charge on any atom is -0.246 e. The lowest BCUT2D eigenvalue weighted by Gasteiger charge is -2.05. The highest BCUT2D eigenvalue weighted by atomic mass is 32.2.